The number of benzene rings is 2. The zero-order valence-corrected chi connectivity index (χ0v) is 12.2. The van der Waals surface area contributed by atoms with E-state index in [9.17, 15) is 0 Å². The van der Waals surface area contributed by atoms with Crippen LogP contribution in [0.25, 0.3) is 0 Å². The zero-order valence-electron chi connectivity index (χ0n) is 10.6. The maximum absolute atomic E-state index is 3.59. The monoisotopic (exact) mass is 303 g/mol. The fourth-order valence-electron chi connectivity index (χ4n) is 1.96. The van der Waals surface area contributed by atoms with Gasteiger partial charge in [-0.2, -0.15) is 0 Å². The Morgan fingerprint density at radius 1 is 0.944 bits per heavy atom. The Hall–Kier alpha value is -1.12. The number of rotatable bonds is 5. The maximum atomic E-state index is 3.59. The predicted molar refractivity (Wildman–Crippen MR) is 80.6 cm³/mol. The summed E-state index contributed by atoms with van der Waals surface area (Å²) in [6, 6.07) is 19.0. The van der Waals surface area contributed by atoms with Gasteiger partial charge in [0.05, 0.1) is 0 Å². The summed E-state index contributed by atoms with van der Waals surface area (Å²) in [5.74, 6) is 0. The molecule has 0 aliphatic heterocycles. The third-order valence-corrected chi connectivity index (χ3v) is 3.80. The second kappa shape index (κ2) is 6.72. The van der Waals surface area contributed by atoms with Gasteiger partial charge in [0.2, 0.25) is 0 Å². The van der Waals surface area contributed by atoms with E-state index in [2.05, 4.69) is 82.5 Å². The summed E-state index contributed by atoms with van der Waals surface area (Å²) in [6.07, 6.45) is 1.10. The maximum Gasteiger partial charge on any atom is 0.0242 e. The molecule has 0 radical (unpaired) electrons. The molecule has 0 fully saturated rings. The Kier molecular flexibility index (Phi) is 4.97. The van der Waals surface area contributed by atoms with Crippen molar-refractivity contribution in [3.8, 4) is 0 Å². The average Bonchev–Trinajstić information content (AvgIpc) is 2.40. The average molecular weight is 304 g/mol. The van der Waals surface area contributed by atoms with Gasteiger partial charge < -0.3 is 4.90 Å². The van der Waals surface area contributed by atoms with Crippen LogP contribution in [0.2, 0.25) is 0 Å². The first-order chi connectivity index (χ1) is 8.75. The summed E-state index contributed by atoms with van der Waals surface area (Å²) in [5, 5.41) is 0. The van der Waals surface area contributed by atoms with Crippen molar-refractivity contribution in [1.82, 2.24) is 4.90 Å². The molecule has 94 valence electrons. The van der Waals surface area contributed by atoms with Crippen molar-refractivity contribution in [1.29, 1.82) is 0 Å². The van der Waals surface area contributed by atoms with Crippen molar-refractivity contribution >= 4 is 15.9 Å². The molecule has 0 spiro atoms. The van der Waals surface area contributed by atoms with E-state index in [0.717, 1.165) is 19.5 Å². The van der Waals surface area contributed by atoms with Crippen LogP contribution < -0.4 is 0 Å². The van der Waals surface area contributed by atoms with Gasteiger partial charge in [-0.05, 0) is 30.7 Å². The van der Waals surface area contributed by atoms with Crippen LogP contribution in [0.4, 0.5) is 0 Å². The summed E-state index contributed by atoms with van der Waals surface area (Å²) in [6.45, 7) is 2.06. The van der Waals surface area contributed by atoms with Crippen LogP contribution in [0.1, 0.15) is 11.1 Å². The quantitative estimate of drug-likeness (QED) is 0.803. The first-order valence-electron chi connectivity index (χ1n) is 6.21. The van der Waals surface area contributed by atoms with E-state index >= 15 is 0 Å². The molecular formula is C16H18BrN. The highest BCUT2D eigenvalue weighted by Gasteiger charge is 2.03. The Morgan fingerprint density at radius 2 is 1.61 bits per heavy atom. The summed E-state index contributed by atoms with van der Waals surface area (Å²) in [7, 11) is 2.17. The lowest BCUT2D eigenvalue weighted by Crippen LogP contribution is -2.20. The molecular weight excluding hydrogens is 286 g/mol. The lowest BCUT2D eigenvalue weighted by molar-refractivity contribution is 0.330. The summed E-state index contributed by atoms with van der Waals surface area (Å²) < 4.78 is 1.19. The number of hydrogen-bond acceptors (Lipinski definition) is 1. The second-order valence-corrected chi connectivity index (χ2v) is 5.42. The summed E-state index contributed by atoms with van der Waals surface area (Å²) >= 11 is 3.59. The molecule has 0 aliphatic rings. The van der Waals surface area contributed by atoms with Crippen LogP contribution in [-0.2, 0) is 13.0 Å². The van der Waals surface area contributed by atoms with E-state index in [1.807, 2.05) is 0 Å². The van der Waals surface area contributed by atoms with Crippen molar-refractivity contribution in [2.24, 2.45) is 0 Å². The van der Waals surface area contributed by atoms with E-state index in [0.29, 0.717) is 0 Å². The minimum absolute atomic E-state index is 0.980. The molecule has 0 bridgehead atoms. The van der Waals surface area contributed by atoms with Gasteiger partial charge in [-0.25, -0.2) is 0 Å². The molecule has 0 N–H and O–H groups in total. The van der Waals surface area contributed by atoms with Crippen molar-refractivity contribution in [2.45, 2.75) is 13.0 Å². The Bertz CT molecular complexity index is 481. The van der Waals surface area contributed by atoms with Crippen molar-refractivity contribution in [2.75, 3.05) is 13.6 Å². The highest BCUT2D eigenvalue weighted by Crippen LogP contribution is 2.17. The molecule has 0 saturated heterocycles. The van der Waals surface area contributed by atoms with Crippen LogP contribution in [0, 0.1) is 0 Å². The van der Waals surface area contributed by atoms with Crippen molar-refractivity contribution < 1.29 is 0 Å². The van der Waals surface area contributed by atoms with Gasteiger partial charge in [-0.15, -0.1) is 0 Å². The highest BCUT2D eigenvalue weighted by molar-refractivity contribution is 9.10. The SMILES string of the molecule is CN(CCc1ccccc1)Cc1ccccc1Br. The van der Waals surface area contributed by atoms with Crippen molar-refractivity contribution in [3.05, 3.63) is 70.2 Å². The van der Waals surface area contributed by atoms with Gasteiger partial charge in [-0.3, -0.25) is 0 Å². The minimum atomic E-state index is 0.980. The molecule has 0 aliphatic carbocycles. The van der Waals surface area contributed by atoms with Gasteiger partial charge in [-0.1, -0.05) is 64.5 Å². The molecule has 0 saturated carbocycles. The molecule has 0 aromatic heterocycles. The Morgan fingerprint density at radius 3 is 2.33 bits per heavy atom. The van der Waals surface area contributed by atoms with E-state index in [1.165, 1.54) is 15.6 Å². The van der Waals surface area contributed by atoms with Crippen molar-refractivity contribution in [3.63, 3.8) is 0 Å². The Labute approximate surface area is 118 Å². The molecule has 0 heterocycles. The molecule has 0 amide bonds. The van der Waals surface area contributed by atoms with Gasteiger partial charge in [0, 0.05) is 17.6 Å². The third-order valence-electron chi connectivity index (χ3n) is 3.02. The molecule has 0 atom stereocenters. The predicted octanol–water partition coefficient (Wildman–Crippen LogP) is 4.12. The lowest BCUT2D eigenvalue weighted by atomic mass is 10.1. The molecule has 18 heavy (non-hydrogen) atoms. The smallest absolute Gasteiger partial charge is 0.0242 e. The molecule has 0 unspecified atom stereocenters. The third kappa shape index (κ3) is 3.97. The van der Waals surface area contributed by atoms with Gasteiger partial charge in [0.25, 0.3) is 0 Å². The standard InChI is InChI=1S/C16H18BrN/c1-18(12-11-14-7-3-2-4-8-14)13-15-9-5-6-10-16(15)17/h2-10H,11-13H2,1H3. The van der Waals surface area contributed by atoms with Crippen LogP contribution in [-0.4, -0.2) is 18.5 Å². The summed E-state index contributed by atoms with van der Waals surface area (Å²) in [5.41, 5.74) is 2.74. The number of likely N-dealkylation sites (N-methyl/N-ethyl adjacent to an activating group) is 1. The van der Waals surface area contributed by atoms with E-state index in [4.69, 9.17) is 0 Å². The van der Waals surface area contributed by atoms with Gasteiger partial charge in [0.1, 0.15) is 0 Å². The molecule has 1 nitrogen and oxygen atoms in total. The van der Waals surface area contributed by atoms with Gasteiger partial charge >= 0.3 is 0 Å². The Balaban J connectivity index is 1.86. The van der Waals surface area contributed by atoms with Crippen LogP contribution in [0.5, 0.6) is 0 Å². The second-order valence-electron chi connectivity index (χ2n) is 4.56. The number of nitrogens with zero attached hydrogens (tertiary/aromatic N) is 1. The van der Waals surface area contributed by atoms with E-state index < -0.39 is 0 Å². The normalized spacial score (nSPS) is 10.8. The first kappa shape index (κ1) is 13.3. The number of halogens is 1. The molecule has 2 aromatic carbocycles. The van der Waals surface area contributed by atoms with E-state index in [1.54, 1.807) is 0 Å². The number of hydrogen-bond donors (Lipinski definition) is 0. The topological polar surface area (TPSA) is 3.24 Å². The largest absolute Gasteiger partial charge is 0.302 e. The van der Waals surface area contributed by atoms with E-state index in [-0.39, 0.29) is 0 Å². The molecule has 2 aromatic rings. The van der Waals surface area contributed by atoms with Crippen LogP contribution in [0.15, 0.2) is 59.1 Å². The zero-order chi connectivity index (χ0) is 12.8. The lowest BCUT2D eigenvalue weighted by Gasteiger charge is -2.17. The first-order valence-corrected chi connectivity index (χ1v) is 7.01. The summed E-state index contributed by atoms with van der Waals surface area (Å²) in [4.78, 5) is 2.35. The molecule has 2 heteroatoms. The molecule has 2 rings (SSSR count). The fourth-order valence-corrected chi connectivity index (χ4v) is 2.37. The van der Waals surface area contributed by atoms with Gasteiger partial charge in [0.15, 0.2) is 0 Å². The van der Waals surface area contributed by atoms with Crippen LogP contribution in [0.3, 0.4) is 0 Å². The highest BCUT2D eigenvalue weighted by atomic mass is 79.9. The fraction of sp³-hybridized carbons (Fsp3) is 0.250. The van der Waals surface area contributed by atoms with Crippen LogP contribution >= 0.6 is 15.9 Å². The minimum Gasteiger partial charge on any atom is -0.302 e.